The monoisotopic (exact) mass is 256 g/mol. The third-order valence-electron chi connectivity index (χ3n) is 2.27. The van der Waals surface area contributed by atoms with Crippen molar-refractivity contribution in [3.63, 3.8) is 0 Å². The second-order valence-electron chi connectivity index (χ2n) is 3.49. The van der Waals surface area contributed by atoms with Gasteiger partial charge in [0.25, 0.3) is 5.69 Å². The second-order valence-corrected chi connectivity index (χ2v) is 4.64. The van der Waals surface area contributed by atoms with E-state index in [1.807, 2.05) is 12.1 Å². The molecule has 0 saturated carbocycles. The Hall–Kier alpha value is -2.32. The summed E-state index contributed by atoms with van der Waals surface area (Å²) in [7, 11) is 0. The Kier molecular flexibility index (Phi) is 3.60. The van der Waals surface area contributed by atoms with Crippen molar-refractivity contribution in [3.05, 3.63) is 64.2 Å². The van der Waals surface area contributed by atoms with Crippen LogP contribution in [-0.4, -0.2) is 4.92 Å². The van der Waals surface area contributed by atoms with Gasteiger partial charge >= 0.3 is 0 Å². The van der Waals surface area contributed by atoms with Crippen molar-refractivity contribution in [3.8, 4) is 6.07 Å². The van der Waals surface area contributed by atoms with Crippen molar-refractivity contribution in [1.82, 2.24) is 0 Å². The highest BCUT2D eigenvalue weighted by Gasteiger charge is 2.04. The van der Waals surface area contributed by atoms with Gasteiger partial charge in [0.1, 0.15) is 0 Å². The van der Waals surface area contributed by atoms with Crippen molar-refractivity contribution in [2.45, 2.75) is 9.79 Å². The molecule has 4 nitrogen and oxygen atoms in total. The highest BCUT2D eigenvalue weighted by atomic mass is 32.2. The van der Waals surface area contributed by atoms with Crippen LogP contribution in [0.3, 0.4) is 0 Å². The molecule has 0 aromatic heterocycles. The zero-order chi connectivity index (χ0) is 13.0. The van der Waals surface area contributed by atoms with Gasteiger partial charge in [0.15, 0.2) is 0 Å². The summed E-state index contributed by atoms with van der Waals surface area (Å²) in [4.78, 5) is 12.0. The van der Waals surface area contributed by atoms with E-state index in [2.05, 4.69) is 6.07 Å². The Morgan fingerprint density at radius 2 is 1.50 bits per heavy atom. The Bertz CT molecular complexity index is 600. The van der Waals surface area contributed by atoms with Crippen LogP contribution < -0.4 is 0 Å². The lowest BCUT2D eigenvalue weighted by molar-refractivity contribution is -0.384. The molecule has 0 amide bonds. The van der Waals surface area contributed by atoms with E-state index in [1.165, 1.54) is 23.9 Å². The lowest BCUT2D eigenvalue weighted by Gasteiger charge is -2.01. The number of hydrogen-bond acceptors (Lipinski definition) is 4. The number of nitro groups is 1. The second kappa shape index (κ2) is 5.34. The quantitative estimate of drug-likeness (QED) is 0.621. The van der Waals surface area contributed by atoms with Gasteiger partial charge in [-0.15, -0.1) is 0 Å². The molecular weight excluding hydrogens is 248 g/mol. The average Bonchev–Trinajstić information content (AvgIpc) is 2.40. The Labute approximate surface area is 108 Å². The molecule has 88 valence electrons. The molecule has 0 aliphatic heterocycles. The van der Waals surface area contributed by atoms with Crippen LogP contribution in [0, 0.1) is 21.4 Å². The van der Waals surface area contributed by atoms with Crippen LogP contribution in [-0.2, 0) is 0 Å². The number of benzene rings is 2. The smallest absolute Gasteiger partial charge is 0.258 e. The fraction of sp³-hybridized carbons (Fsp3) is 0. The highest BCUT2D eigenvalue weighted by molar-refractivity contribution is 7.99. The van der Waals surface area contributed by atoms with Gasteiger partial charge < -0.3 is 0 Å². The summed E-state index contributed by atoms with van der Waals surface area (Å²) in [5.74, 6) is 0. The summed E-state index contributed by atoms with van der Waals surface area (Å²) in [6, 6.07) is 15.6. The predicted octanol–water partition coefficient (Wildman–Crippen LogP) is 3.62. The normalized spacial score (nSPS) is 9.72. The lowest BCUT2D eigenvalue weighted by atomic mass is 10.2. The van der Waals surface area contributed by atoms with E-state index in [9.17, 15) is 10.1 Å². The fourth-order valence-electron chi connectivity index (χ4n) is 1.37. The minimum absolute atomic E-state index is 0.0826. The van der Waals surface area contributed by atoms with Gasteiger partial charge in [-0.1, -0.05) is 11.8 Å². The summed E-state index contributed by atoms with van der Waals surface area (Å²) < 4.78 is 0. The van der Waals surface area contributed by atoms with Gasteiger partial charge in [0, 0.05) is 21.9 Å². The molecule has 0 atom stereocenters. The third kappa shape index (κ3) is 2.87. The van der Waals surface area contributed by atoms with E-state index >= 15 is 0 Å². The van der Waals surface area contributed by atoms with Crippen LogP contribution in [0.4, 0.5) is 5.69 Å². The van der Waals surface area contributed by atoms with E-state index < -0.39 is 4.92 Å². The molecule has 0 bridgehead atoms. The van der Waals surface area contributed by atoms with E-state index in [1.54, 1.807) is 24.3 Å². The molecule has 2 rings (SSSR count). The number of rotatable bonds is 3. The largest absolute Gasteiger partial charge is 0.269 e. The standard InChI is InChI=1S/C13H8N2O2S/c14-9-10-1-5-12(6-2-10)18-13-7-3-11(4-8-13)15(16)17/h1-8H. The first-order valence-electron chi connectivity index (χ1n) is 5.11. The summed E-state index contributed by atoms with van der Waals surface area (Å²) in [6.45, 7) is 0. The SMILES string of the molecule is N#Cc1ccc(Sc2ccc([N+](=O)[O-])cc2)cc1. The third-order valence-corrected chi connectivity index (χ3v) is 3.28. The molecular formula is C13H8N2O2S. The Morgan fingerprint density at radius 1 is 1.00 bits per heavy atom. The predicted molar refractivity (Wildman–Crippen MR) is 68.4 cm³/mol. The lowest BCUT2D eigenvalue weighted by Crippen LogP contribution is -1.86. The molecule has 0 fully saturated rings. The molecule has 0 heterocycles. The minimum Gasteiger partial charge on any atom is -0.258 e. The number of hydrogen-bond donors (Lipinski definition) is 0. The van der Waals surface area contributed by atoms with Gasteiger partial charge in [-0.3, -0.25) is 10.1 Å². The van der Waals surface area contributed by atoms with Crippen molar-refractivity contribution in [2.24, 2.45) is 0 Å². The summed E-state index contributed by atoms with van der Waals surface area (Å²) in [5, 5.41) is 19.2. The number of nitrogens with zero attached hydrogens (tertiary/aromatic N) is 2. The topological polar surface area (TPSA) is 66.9 Å². The first kappa shape index (κ1) is 12.1. The van der Waals surface area contributed by atoms with Crippen LogP contribution in [0.1, 0.15) is 5.56 Å². The molecule has 0 aliphatic rings. The Balaban J connectivity index is 2.13. The van der Waals surface area contributed by atoms with Crippen LogP contribution in [0.15, 0.2) is 58.3 Å². The molecule has 0 radical (unpaired) electrons. The number of nitriles is 1. The molecule has 0 aliphatic carbocycles. The van der Waals surface area contributed by atoms with Gasteiger partial charge in [0.05, 0.1) is 16.6 Å². The van der Waals surface area contributed by atoms with Gasteiger partial charge in [0.2, 0.25) is 0 Å². The molecule has 18 heavy (non-hydrogen) atoms. The number of nitro benzene ring substituents is 1. The van der Waals surface area contributed by atoms with Crippen LogP contribution in [0.2, 0.25) is 0 Å². The first-order valence-corrected chi connectivity index (χ1v) is 5.93. The van der Waals surface area contributed by atoms with Gasteiger partial charge in [-0.25, -0.2) is 0 Å². The van der Waals surface area contributed by atoms with E-state index in [-0.39, 0.29) is 5.69 Å². The van der Waals surface area contributed by atoms with Crippen molar-refractivity contribution in [2.75, 3.05) is 0 Å². The highest BCUT2D eigenvalue weighted by Crippen LogP contribution is 2.28. The maximum Gasteiger partial charge on any atom is 0.269 e. The zero-order valence-electron chi connectivity index (χ0n) is 9.24. The van der Waals surface area contributed by atoms with Crippen LogP contribution in [0.5, 0.6) is 0 Å². The molecule has 2 aromatic rings. The fourth-order valence-corrected chi connectivity index (χ4v) is 2.19. The molecule has 0 unspecified atom stereocenters. The van der Waals surface area contributed by atoms with E-state index in [0.717, 1.165) is 9.79 Å². The minimum atomic E-state index is -0.420. The van der Waals surface area contributed by atoms with E-state index in [4.69, 9.17) is 5.26 Å². The molecule has 0 spiro atoms. The first-order chi connectivity index (χ1) is 8.69. The summed E-state index contributed by atoms with van der Waals surface area (Å²) in [5.41, 5.74) is 0.697. The Morgan fingerprint density at radius 3 is 1.94 bits per heavy atom. The maximum absolute atomic E-state index is 10.5. The van der Waals surface area contributed by atoms with Crippen molar-refractivity contribution < 1.29 is 4.92 Å². The van der Waals surface area contributed by atoms with Crippen molar-refractivity contribution in [1.29, 1.82) is 5.26 Å². The summed E-state index contributed by atoms with van der Waals surface area (Å²) in [6.07, 6.45) is 0. The van der Waals surface area contributed by atoms with Crippen LogP contribution in [0.25, 0.3) is 0 Å². The number of non-ortho nitro benzene ring substituents is 1. The van der Waals surface area contributed by atoms with Crippen LogP contribution >= 0.6 is 11.8 Å². The van der Waals surface area contributed by atoms with Gasteiger partial charge in [-0.05, 0) is 36.4 Å². The molecule has 0 saturated heterocycles. The molecule has 2 aromatic carbocycles. The van der Waals surface area contributed by atoms with Gasteiger partial charge in [-0.2, -0.15) is 5.26 Å². The molecule has 0 N–H and O–H groups in total. The summed E-state index contributed by atoms with van der Waals surface area (Å²) >= 11 is 1.50. The molecule has 5 heteroatoms. The van der Waals surface area contributed by atoms with E-state index in [0.29, 0.717) is 5.56 Å². The average molecular weight is 256 g/mol. The zero-order valence-corrected chi connectivity index (χ0v) is 10.1. The van der Waals surface area contributed by atoms with Crippen molar-refractivity contribution >= 4 is 17.4 Å². The maximum atomic E-state index is 10.5.